The van der Waals surface area contributed by atoms with Crippen molar-refractivity contribution in [2.45, 2.75) is 5.75 Å². The molecular formula is C9H10Cl2O3S. The summed E-state index contributed by atoms with van der Waals surface area (Å²) in [5, 5.41) is 9.34. The quantitative estimate of drug-likeness (QED) is 0.908. The van der Waals surface area contributed by atoms with Gasteiger partial charge in [-0.15, -0.1) is 0 Å². The average Bonchev–Trinajstić information content (AvgIpc) is 2.09. The van der Waals surface area contributed by atoms with E-state index in [-0.39, 0.29) is 18.1 Å². The SMILES string of the molecule is O=S(=O)(CCO)Cc1ccc(Cl)cc1Cl. The molecule has 0 unspecified atom stereocenters. The molecule has 3 nitrogen and oxygen atoms in total. The summed E-state index contributed by atoms with van der Waals surface area (Å²) in [5.41, 5.74) is 0.495. The van der Waals surface area contributed by atoms with Crippen LogP contribution in [-0.2, 0) is 15.6 Å². The van der Waals surface area contributed by atoms with E-state index in [1.165, 1.54) is 6.07 Å². The van der Waals surface area contributed by atoms with Crippen LogP contribution in [0.2, 0.25) is 10.0 Å². The van der Waals surface area contributed by atoms with Crippen molar-refractivity contribution in [1.82, 2.24) is 0 Å². The Balaban J connectivity index is 2.90. The lowest BCUT2D eigenvalue weighted by Gasteiger charge is -2.05. The van der Waals surface area contributed by atoms with Gasteiger partial charge in [-0.1, -0.05) is 29.3 Å². The van der Waals surface area contributed by atoms with Crippen molar-refractivity contribution >= 4 is 33.0 Å². The molecule has 0 spiro atoms. The number of halogens is 2. The lowest BCUT2D eigenvalue weighted by Crippen LogP contribution is -2.12. The Kier molecular flexibility index (Phi) is 4.40. The van der Waals surface area contributed by atoms with Gasteiger partial charge in [0.1, 0.15) is 0 Å². The highest BCUT2D eigenvalue weighted by atomic mass is 35.5. The molecule has 0 radical (unpaired) electrons. The maximum Gasteiger partial charge on any atom is 0.156 e. The standard InChI is InChI=1S/C9H10Cl2O3S/c10-8-2-1-7(9(11)5-8)6-15(13,14)4-3-12/h1-2,5,12H,3-4,6H2. The van der Waals surface area contributed by atoms with E-state index in [0.29, 0.717) is 15.6 Å². The molecule has 0 bridgehead atoms. The fraction of sp³-hybridized carbons (Fsp3) is 0.333. The van der Waals surface area contributed by atoms with Gasteiger partial charge >= 0.3 is 0 Å². The predicted octanol–water partition coefficient (Wildman–Crippen LogP) is 1.90. The Morgan fingerprint density at radius 3 is 2.47 bits per heavy atom. The van der Waals surface area contributed by atoms with Crippen LogP contribution in [-0.4, -0.2) is 25.9 Å². The molecule has 0 heterocycles. The molecular weight excluding hydrogens is 259 g/mol. The van der Waals surface area contributed by atoms with Gasteiger partial charge in [0.2, 0.25) is 0 Å². The average molecular weight is 269 g/mol. The molecule has 1 aromatic rings. The first-order chi connectivity index (χ1) is 6.94. The Morgan fingerprint density at radius 2 is 1.93 bits per heavy atom. The molecule has 0 amide bonds. The van der Waals surface area contributed by atoms with Crippen LogP contribution in [0.1, 0.15) is 5.56 Å². The topological polar surface area (TPSA) is 54.4 Å². The zero-order valence-electron chi connectivity index (χ0n) is 7.78. The summed E-state index contributed by atoms with van der Waals surface area (Å²) in [7, 11) is -3.30. The number of benzene rings is 1. The third-order valence-corrected chi connectivity index (χ3v) is 3.94. The minimum Gasteiger partial charge on any atom is -0.395 e. The van der Waals surface area contributed by atoms with Crippen molar-refractivity contribution in [3.8, 4) is 0 Å². The first-order valence-corrected chi connectivity index (χ1v) is 6.77. The second kappa shape index (κ2) is 5.16. The van der Waals surface area contributed by atoms with E-state index in [4.69, 9.17) is 28.3 Å². The van der Waals surface area contributed by atoms with Crippen LogP contribution in [0.15, 0.2) is 18.2 Å². The highest BCUT2D eigenvalue weighted by molar-refractivity contribution is 7.90. The summed E-state index contributed by atoms with van der Waals surface area (Å²) < 4.78 is 22.8. The van der Waals surface area contributed by atoms with Crippen LogP contribution in [0, 0.1) is 0 Å². The second-order valence-electron chi connectivity index (χ2n) is 3.05. The van der Waals surface area contributed by atoms with Crippen molar-refractivity contribution in [3.05, 3.63) is 33.8 Å². The number of hydrogen-bond donors (Lipinski definition) is 1. The summed E-state index contributed by atoms with van der Waals surface area (Å²) in [5.74, 6) is -0.435. The van der Waals surface area contributed by atoms with Gasteiger partial charge in [0.25, 0.3) is 0 Å². The van der Waals surface area contributed by atoms with E-state index >= 15 is 0 Å². The van der Waals surface area contributed by atoms with Gasteiger partial charge in [-0.3, -0.25) is 0 Å². The zero-order valence-corrected chi connectivity index (χ0v) is 10.1. The Bertz CT molecular complexity index is 443. The van der Waals surface area contributed by atoms with Gasteiger partial charge in [0.15, 0.2) is 9.84 Å². The molecule has 0 aliphatic carbocycles. The molecule has 0 saturated carbocycles. The largest absolute Gasteiger partial charge is 0.395 e. The summed E-state index contributed by atoms with van der Waals surface area (Å²) in [6.45, 7) is -0.381. The van der Waals surface area contributed by atoms with Crippen LogP contribution in [0.4, 0.5) is 0 Å². The highest BCUT2D eigenvalue weighted by Gasteiger charge is 2.13. The minimum absolute atomic E-state index is 0.177. The molecule has 1 aromatic carbocycles. The maximum atomic E-state index is 11.4. The number of hydrogen-bond acceptors (Lipinski definition) is 3. The molecule has 1 rings (SSSR count). The zero-order chi connectivity index (χ0) is 11.5. The third kappa shape index (κ3) is 3.99. The summed E-state index contributed by atoms with van der Waals surface area (Å²) >= 11 is 11.5. The van der Waals surface area contributed by atoms with Crippen LogP contribution >= 0.6 is 23.2 Å². The van der Waals surface area contributed by atoms with Crippen LogP contribution in [0.25, 0.3) is 0 Å². The van der Waals surface area contributed by atoms with E-state index in [9.17, 15) is 8.42 Å². The molecule has 84 valence electrons. The summed E-state index contributed by atoms with van der Waals surface area (Å²) in [6.07, 6.45) is 0. The van der Waals surface area contributed by atoms with E-state index in [1.54, 1.807) is 12.1 Å². The molecule has 0 saturated heterocycles. The Hall–Kier alpha value is -0.290. The van der Waals surface area contributed by atoms with E-state index < -0.39 is 9.84 Å². The molecule has 6 heteroatoms. The lowest BCUT2D eigenvalue weighted by molar-refractivity contribution is 0.319. The molecule has 0 aromatic heterocycles. The molecule has 0 atom stereocenters. The van der Waals surface area contributed by atoms with Gasteiger partial charge in [0.05, 0.1) is 18.1 Å². The third-order valence-electron chi connectivity index (χ3n) is 1.79. The monoisotopic (exact) mass is 268 g/mol. The maximum absolute atomic E-state index is 11.4. The van der Waals surface area contributed by atoms with E-state index in [0.717, 1.165) is 0 Å². The number of rotatable bonds is 4. The van der Waals surface area contributed by atoms with Gasteiger partial charge in [-0.2, -0.15) is 0 Å². The summed E-state index contributed by atoms with van der Waals surface area (Å²) in [4.78, 5) is 0. The van der Waals surface area contributed by atoms with Gasteiger partial charge in [-0.25, -0.2) is 8.42 Å². The van der Waals surface area contributed by atoms with E-state index in [2.05, 4.69) is 0 Å². The molecule has 0 aliphatic rings. The van der Waals surface area contributed by atoms with Crippen molar-refractivity contribution in [3.63, 3.8) is 0 Å². The first-order valence-electron chi connectivity index (χ1n) is 4.20. The first kappa shape index (κ1) is 12.8. The molecule has 0 aliphatic heterocycles. The molecule has 1 N–H and O–H groups in total. The van der Waals surface area contributed by atoms with Gasteiger partial charge in [-0.05, 0) is 17.7 Å². The normalized spacial score (nSPS) is 11.7. The fourth-order valence-electron chi connectivity index (χ4n) is 1.09. The van der Waals surface area contributed by atoms with Crippen molar-refractivity contribution in [1.29, 1.82) is 0 Å². The van der Waals surface area contributed by atoms with Crippen molar-refractivity contribution in [2.75, 3.05) is 12.4 Å². The van der Waals surface area contributed by atoms with E-state index in [1.807, 2.05) is 0 Å². The number of sulfone groups is 1. The highest BCUT2D eigenvalue weighted by Crippen LogP contribution is 2.22. The van der Waals surface area contributed by atoms with Gasteiger partial charge < -0.3 is 5.11 Å². The van der Waals surface area contributed by atoms with Crippen LogP contribution < -0.4 is 0 Å². The minimum atomic E-state index is -3.30. The van der Waals surface area contributed by atoms with Crippen molar-refractivity contribution in [2.24, 2.45) is 0 Å². The lowest BCUT2D eigenvalue weighted by atomic mass is 10.2. The van der Waals surface area contributed by atoms with Crippen LogP contribution in [0.5, 0.6) is 0 Å². The van der Waals surface area contributed by atoms with Crippen molar-refractivity contribution < 1.29 is 13.5 Å². The Morgan fingerprint density at radius 1 is 1.27 bits per heavy atom. The summed E-state index contributed by atoms with van der Waals surface area (Å²) in [6, 6.07) is 4.64. The number of aliphatic hydroxyl groups is 1. The predicted molar refractivity (Wildman–Crippen MR) is 61.0 cm³/mol. The van der Waals surface area contributed by atoms with Gasteiger partial charge in [0, 0.05) is 10.0 Å². The fourth-order valence-corrected chi connectivity index (χ4v) is 2.79. The van der Waals surface area contributed by atoms with Crippen LogP contribution in [0.3, 0.4) is 0 Å². The number of aliphatic hydroxyl groups excluding tert-OH is 1. The second-order valence-corrected chi connectivity index (χ2v) is 6.08. The molecule has 0 fully saturated rings. The molecule has 15 heavy (non-hydrogen) atoms. The smallest absolute Gasteiger partial charge is 0.156 e. The Labute approximate surface area is 98.6 Å².